The lowest BCUT2D eigenvalue weighted by atomic mass is 10.2. The lowest BCUT2D eigenvalue weighted by Crippen LogP contribution is -2.48. The SMILES string of the molecule is CCCN(CC(=O)OC)C(=O)C(N)COC. The zero-order valence-corrected chi connectivity index (χ0v) is 10.1. The van der Waals surface area contributed by atoms with Crippen molar-refractivity contribution in [2.45, 2.75) is 19.4 Å². The van der Waals surface area contributed by atoms with Crippen LogP contribution in [0.3, 0.4) is 0 Å². The van der Waals surface area contributed by atoms with Gasteiger partial charge in [-0.25, -0.2) is 0 Å². The molecule has 2 N–H and O–H groups in total. The van der Waals surface area contributed by atoms with E-state index in [2.05, 4.69) is 4.74 Å². The highest BCUT2D eigenvalue weighted by Crippen LogP contribution is 1.97. The van der Waals surface area contributed by atoms with Gasteiger partial charge < -0.3 is 20.1 Å². The van der Waals surface area contributed by atoms with Gasteiger partial charge in [-0.1, -0.05) is 6.92 Å². The fourth-order valence-corrected chi connectivity index (χ4v) is 1.24. The first-order valence-corrected chi connectivity index (χ1v) is 5.16. The molecule has 0 bridgehead atoms. The van der Waals surface area contributed by atoms with Gasteiger partial charge in [-0.2, -0.15) is 0 Å². The minimum Gasteiger partial charge on any atom is -0.468 e. The number of carbonyl (C=O) groups excluding carboxylic acids is 2. The van der Waals surface area contributed by atoms with E-state index < -0.39 is 12.0 Å². The van der Waals surface area contributed by atoms with Gasteiger partial charge in [-0.3, -0.25) is 9.59 Å². The summed E-state index contributed by atoms with van der Waals surface area (Å²) in [4.78, 5) is 24.3. The summed E-state index contributed by atoms with van der Waals surface area (Å²) < 4.78 is 9.31. The van der Waals surface area contributed by atoms with Crippen LogP contribution in [-0.4, -0.2) is 56.7 Å². The van der Waals surface area contributed by atoms with E-state index in [-0.39, 0.29) is 19.1 Å². The first-order valence-electron chi connectivity index (χ1n) is 5.16. The van der Waals surface area contributed by atoms with Gasteiger partial charge in [0, 0.05) is 13.7 Å². The Balaban J connectivity index is 4.38. The fourth-order valence-electron chi connectivity index (χ4n) is 1.24. The molecule has 0 fully saturated rings. The zero-order chi connectivity index (χ0) is 12.6. The van der Waals surface area contributed by atoms with E-state index >= 15 is 0 Å². The van der Waals surface area contributed by atoms with E-state index in [1.165, 1.54) is 19.1 Å². The maximum Gasteiger partial charge on any atom is 0.325 e. The number of hydrogen-bond acceptors (Lipinski definition) is 5. The minimum absolute atomic E-state index is 0.0689. The van der Waals surface area contributed by atoms with Crippen molar-refractivity contribution in [2.75, 3.05) is 33.9 Å². The van der Waals surface area contributed by atoms with Crippen molar-refractivity contribution >= 4 is 11.9 Å². The maximum absolute atomic E-state index is 11.8. The molecule has 0 aromatic carbocycles. The van der Waals surface area contributed by atoms with Crippen molar-refractivity contribution in [3.63, 3.8) is 0 Å². The summed E-state index contributed by atoms with van der Waals surface area (Å²) in [6, 6.07) is -0.735. The monoisotopic (exact) mass is 232 g/mol. The van der Waals surface area contributed by atoms with Gasteiger partial charge in [0.2, 0.25) is 5.91 Å². The second-order valence-corrected chi connectivity index (χ2v) is 3.40. The molecule has 1 unspecified atom stereocenters. The molecule has 0 aliphatic carbocycles. The summed E-state index contributed by atoms with van der Waals surface area (Å²) in [5, 5.41) is 0. The predicted octanol–water partition coefficient (Wildman–Crippen LogP) is -0.628. The molecule has 0 saturated heterocycles. The topological polar surface area (TPSA) is 81.9 Å². The summed E-state index contributed by atoms with van der Waals surface area (Å²) in [6.07, 6.45) is 0.752. The Labute approximate surface area is 95.7 Å². The van der Waals surface area contributed by atoms with Crippen LogP contribution in [0.4, 0.5) is 0 Å². The van der Waals surface area contributed by atoms with Crippen LogP contribution in [0.1, 0.15) is 13.3 Å². The number of nitrogens with two attached hydrogens (primary N) is 1. The van der Waals surface area contributed by atoms with Crippen LogP contribution in [0.25, 0.3) is 0 Å². The molecule has 94 valence electrons. The molecule has 0 heterocycles. The number of carbonyl (C=O) groups is 2. The van der Waals surface area contributed by atoms with Crippen LogP contribution in [0.5, 0.6) is 0 Å². The Morgan fingerprint density at radius 1 is 1.38 bits per heavy atom. The van der Waals surface area contributed by atoms with E-state index in [0.29, 0.717) is 6.54 Å². The van der Waals surface area contributed by atoms with Crippen LogP contribution in [0.2, 0.25) is 0 Å². The summed E-state index contributed by atoms with van der Waals surface area (Å²) >= 11 is 0. The van der Waals surface area contributed by atoms with Crippen molar-refractivity contribution in [1.82, 2.24) is 4.90 Å². The quantitative estimate of drug-likeness (QED) is 0.591. The molecule has 0 aliphatic heterocycles. The first kappa shape index (κ1) is 14.9. The van der Waals surface area contributed by atoms with Gasteiger partial charge >= 0.3 is 5.97 Å². The molecule has 1 amide bonds. The average molecular weight is 232 g/mol. The van der Waals surface area contributed by atoms with Crippen molar-refractivity contribution in [2.24, 2.45) is 5.73 Å². The molecule has 6 nitrogen and oxygen atoms in total. The minimum atomic E-state index is -0.735. The van der Waals surface area contributed by atoms with Crippen molar-refractivity contribution in [3.05, 3.63) is 0 Å². The highest BCUT2D eigenvalue weighted by molar-refractivity contribution is 5.85. The molecule has 0 saturated carbocycles. The normalized spacial score (nSPS) is 12.0. The highest BCUT2D eigenvalue weighted by Gasteiger charge is 2.22. The summed E-state index contributed by atoms with van der Waals surface area (Å²) in [5.41, 5.74) is 5.61. The summed E-state index contributed by atoms with van der Waals surface area (Å²) in [6.45, 7) is 2.46. The molecule has 6 heteroatoms. The molecular weight excluding hydrogens is 212 g/mol. The third-order valence-electron chi connectivity index (χ3n) is 2.02. The van der Waals surface area contributed by atoms with E-state index in [4.69, 9.17) is 10.5 Å². The molecule has 0 radical (unpaired) electrons. The highest BCUT2D eigenvalue weighted by atomic mass is 16.5. The van der Waals surface area contributed by atoms with Crippen molar-refractivity contribution in [1.29, 1.82) is 0 Å². The molecular formula is C10H20N2O4. The largest absolute Gasteiger partial charge is 0.468 e. The Kier molecular flexibility index (Phi) is 7.49. The van der Waals surface area contributed by atoms with E-state index in [1.807, 2.05) is 6.92 Å². The van der Waals surface area contributed by atoms with Crippen molar-refractivity contribution in [3.8, 4) is 0 Å². The Hall–Kier alpha value is -1.14. The Morgan fingerprint density at radius 3 is 2.44 bits per heavy atom. The summed E-state index contributed by atoms with van der Waals surface area (Å²) in [7, 11) is 2.75. The number of rotatable bonds is 7. The second-order valence-electron chi connectivity index (χ2n) is 3.40. The Morgan fingerprint density at radius 2 is 2.00 bits per heavy atom. The number of ether oxygens (including phenoxy) is 2. The molecule has 16 heavy (non-hydrogen) atoms. The number of methoxy groups -OCH3 is 2. The van der Waals surface area contributed by atoms with E-state index in [1.54, 1.807) is 0 Å². The number of nitrogens with zero attached hydrogens (tertiary/aromatic N) is 1. The smallest absolute Gasteiger partial charge is 0.325 e. The van der Waals surface area contributed by atoms with Gasteiger partial charge in [0.25, 0.3) is 0 Å². The lowest BCUT2D eigenvalue weighted by molar-refractivity contribution is -0.147. The first-order chi connectivity index (χ1) is 7.56. The van der Waals surface area contributed by atoms with Gasteiger partial charge in [0.05, 0.1) is 13.7 Å². The second kappa shape index (κ2) is 8.06. The average Bonchev–Trinajstić information content (AvgIpc) is 2.27. The number of esters is 1. The maximum atomic E-state index is 11.8. The fraction of sp³-hybridized carbons (Fsp3) is 0.800. The van der Waals surface area contributed by atoms with Crippen molar-refractivity contribution < 1.29 is 19.1 Å². The molecule has 0 aliphatic rings. The van der Waals surface area contributed by atoms with Crippen LogP contribution in [0, 0.1) is 0 Å². The molecule has 0 aromatic heterocycles. The molecule has 1 atom stereocenters. The number of hydrogen-bond donors (Lipinski definition) is 1. The van der Waals surface area contributed by atoms with Crippen LogP contribution in [-0.2, 0) is 19.1 Å². The number of amides is 1. The summed E-state index contributed by atoms with van der Waals surface area (Å²) in [5.74, 6) is -0.750. The van der Waals surface area contributed by atoms with Gasteiger partial charge in [0.15, 0.2) is 0 Å². The molecule has 0 aromatic rings. The van der Waals surface area contributed by atoms with Crippen LogP contribution in [0.15, 0.2) is 0 Å². The van der Waals surface area contributed by atoms with E-state index in [9.17, 15) is 9.59 Å². The predicted molar refractivity (Wildman–Crippen MR) is 58.7 cm³/mol. The third-order valence-corrected chi connectivity index (χ3v) is 2.02. The zero-order valence-electron chi connectivity index (χ0n) is 10.1. The van der Waals surface area contributed by atoms with E-state index in [0.717, 1.165) is 6.42 Å². The van der Waals surface area contributed by atoms with Gasteiger partial charge in [-0.15, -0.1) is 0 Å². The van der Waals surface area contributed by atoms with Crippen LogP contribution >= 0.6 is 0 Å². The molecule has 0 spiro atoms. The van der Waals surface area contributed by atoms with Gasteiger partial charge in [-0.05, 0) is 6.42 Å². The standard InChI is InChI=1S/C10H20N2O4/c1-4-5-12(6-9(13)16-3)10(14)8(11)7-15-2/h8H,4-7,11H2,1-3H3. The lowest BCUT2D eigenvalue weighted by Gasteiger charge is -2.23. The Bertz CT molecular complexity index is 233. The molecule has 0 rings (SSSR count). The van der Waals surface area contributed by atoms with Gasteiger partial charge in [0.1, 0.15) is 12.6 Å². The van der Waals surface area contributed by atoms with Crippen LogP contribution < -0.4 is 5.73 Å². The third kappa shape index (κ3) is 5.09.